The van der Waals surface area contributed by atoms with Crippen molar-refractivity contribution in [1.82, 2.24) is 20.1 Å². The van der Waals surface area contributed by atoms with Gasteiger partial charge in [0.15, 0.2) is 0 Å². The van der Waals surface area contributed by atoms with Gasteiger partial charge in [0, 0.05) is 25.5 Å². The summed E-state index contributed by atoms with van der Waals surface area (Å²) in [5.74, 6) is 0.321. The van der Waals surface area contributed by atoms with Crippen molar-refractivity contribution in [1.29, 1.82) is 0 Å². The largest absolute Gasteiger partial charge is 0.497 e. The van der Waals surface area contributed by atoms with E-state index < -0.39 is 41.1 Å². The van der Waals surface area contributed by atoms with E-state index in [1.54, 1.807) is 60.2 Å². The maximum absolute atomic E-state index is 14.0. The molecule has 1 fully saturated rings. The summed E-state index contributed by atoms with van der Waals surface area (Å²) in [6, 6.07) is 17.6. The standard InChI is InChI=1S/C39H53N5O6.CH4/c1-27-20-23-43(24-21-27)35(46)33(29-16-18-31(49-7)19-17-29)44-25-22-30(26-44)40-34(45)32(15-11-14-28-12-9-8-10-13-28)41-36(47)39(5,6)42-37(48)50-38(2,3)4;/h8-10,12-13,16-19,22,25-27,32-33H,11,14-15,20-21,23-24H2,1-7H3,(H,40,45)(H,41,47)(H,42,48);1H4/t32-,33?;/m1./s1. The summed E-state index contributed by atoms with van der Waals surface area (Å²) in [4.78, 5) is 55.7. The zero-order valence-corrected chi connectivity index (χ0v) is 30.5. The van der Waals surface area contributed by atoms with Gasteiger partial charge in [-0.25, -0.2) is 4.79 Å². The Bertz CT molecular complexity index is 1590. The van der Waals surface area contributed by atoms with Crippen molar-refractivity contribution in [2.45, 2.75) is 104 Å². The zero-order chi connectivity index (χ0) is 36.5. The van der Waals surface area contributed by atoms with E-state index in [1.165, 1.54) is 0 Å². The molecule has 2 heterocycles. The predicted octanol–water partition coefficient (Wildman–Crippen LogP) is 6.73. The van der Waals surface area contributed by atoms with Crippen molar-refractivity contribution in [3.63, 3.8) is 0 Å². The molecule has 11 heteroatoms. The molecular formula is C40H57N5O6. The third kappa shape index (κ3) is 11.9. The molecule has 51 heavy (non-hydrogen) atoms. The number of amides is 4. The number of methoxy groups -OCH3 is 1. The molecule has 1 aromatic heterocycles. The number of piperidine rings is 1. The molecule has 1 saturated heterocycles. The molecule has 4 amide bonds. The van der Waals surface area contributed by atoms with Crippen LogP contribution in [0.3, 0.4) is 0 Å². The Morgan fingerprint density at radius 3 is 2.18 bits per heavy atom. The number of ether oxygens (including phenoxy) is 2. The van der Waals surface area contributed by atoms with Gasteiger partial charge in [-0.05, 0) is 102 Å². The maximum atomic E-state index is 14.0. The Morgan fingerprint density at radius 1 is 0.922 bits per heavy atom. The van der Waals surface area contributed by atoms with Crippen molar-refractivity contribution in [3.05, 3.63) is 84.2 Å². The van der Waals surface area contributed by atoms with E-state index in [-0.39, 0.29) is 13.3 Å². The third-order valence-electron chi connectivity index (χ3n) is 8.84. The van der Waals surface area contributed by atoms with Crippen LogP contribution in [0, 0.1) is 5.92 Å². The molecule has 4 rings (SSSR count). The molecule has 2 atom stereocenters. The quantitative estimate of drug-likeness (QED) is 0.181. The number of hydrogen-bond donors (Lipinski definition) is 3. The van der Waals surface area contributed by atoms with Crippen LogP contribution in [0.2, 0.25) is 0 Å². The number of aromatic nitrogens is 1. The first-order chi connectivity index (χ1) is 23.6. The van der Waals surface area contributed by atoms with Gasteiger partial charge in [-0.1, -0.05) is 56.8 Å². The van der Waals surface area contributed by atoms with Crippen LogP contribution in [0.4, 0.5) is 10.5 Å². The average molecular weight is 704 g/mol. The van der Waals surface area contributed by atoms with E-state index in [1.807, 2.05) is 64.1 Å². The Balaban J connectivity index is 0.00000702. The van der Waals surface area contributed by atoms with E-state index in [4.69, 9.17) is 9.47 Å². The van der Waals surface area contributed by atoms with Gasteiger partial charge < -0.3 is 34.9 Å². The number of likely N-dealkylation sites (tertiary alicyclic amines) is 1. The molecule has 278 valence electrons. The second kappa shape index (κ2) is 17.9. The summed E-state index contributed by atoms with van der Waals surface area (Å²) < 4.78 is 12.5. The maximum Gasteiger partial charge on any atom is 0.408 e. The highest BCUT2D eigenvalue weighted by Gasteiger charge is 2.35. The van der Waals surface area contributed by atoms with Crippen LogP contribution in [-0.2, 0) is 25.5 Å². The van der Waals surface area contributed by atoms with Crippen LogP contribution in [0.1, 0.15) is 91.8 Å². The summed E-state index contributed by atoms with van der Waals surface area (Å²) in [6.07, 6.45) is 6.41. The average Bonchev–Trinajstić information content (AvgIpc) is 3.51. The fourth-order valence-electron chi connectivity index (χ4n) is 5.89. The molecule has 3 N–H and O–H groups in total. The first kappa shape index (κ1) is 40.6. The molecule has 3 aromatic rings. The SMILES string of the molecule is C.COc1ccc(C(C(=O)N2CCC(C)CC2)n2ccc(NC(=O)[C@@H](CCCc3ccccc3)NC(=O)C(C)(C)NC(=O)OC(C)(C)C)c2)cc1. The highest BCUT2D eigenvalue weighted by molar-refractivity contribution is 5.99. The number of anilines is 1. The number of carbonyl (C=O) groups excluding carboxylic acids is 4. The highest BCUT2D eigenvalue weighted by Crippen LogP contribution is 2.28. The molecule has 2 aromatic carbocycles. The number of rotatable bonds is 13. The topological polar surface area (TPSA) is 131 Å². The number of nitrogens with zero attached hydrogens (tertiary/aromatic N) is 2. The first-order valence-corrected chi connectivity index (χ1v) is 17.4. The summed E-state index contributed by atoms with van der Waals surface area (Å²) >= 11 is 0. The molecule has 0 spiro atoms. The van der Waals surface area contributed by atoms with Gasteiger partial charge in [0.05, 0.1) is 12.8 Å². The van der Waals surface area contributed by atoms with Gasteiger partial charge in [0.2, 0.25) is 17.7 Å². The monoisotopic (exact) mass is 703 g/mol. The van der Waals surface area contributed by atoms with Crippen molar-refractivity contribution >= 4 is 29.5 Å². The van der Waals surface area contributed by atoms with Gasteiger partial charge in [-0.15, -0.1) is 0 Å². The first-order valence-electron chi connectivity index (χ1n) is 17.4. The van der Waals surface area contributed by atoms with E-state index in [2.05, 4.69) is 22.9 Å². The van der Waals surface area contributed by atoms with Crippen LogP contribution in [0.25, 0.3) is 0 Å². The normalized spacial score (nSPS) is 14.8. The van der Waals surface area contributed by atoms with Crippen molar-refractivity contribution in [3.8, 4) is 5.75 Å². The summed E-state index contributed by atoms with van der Waals surface area (Å²) in [6.45, 7) is 11.9. The van der Waals surface area contributed by atoms with Crippen LogP contribution >= 0.6 is 0 Å². The molecule has 1 aliphatic heterocycles. The van der Waals surface area contributed by atoms with Gasteiger partial charge in [0.25, 0.3) is 0 Å². The van der Waals surface area contributed by atoms with Crippen molar-refractivity contribution < 1.29 is 28.7 Å². The Morgan fingerprint density at radius 2 is 1.57 bits per heavy atom. The van der Waals surface area contributed by atoms with E-state index >= 15 is 0 Å². The van der Waals surface area contributed by atoms with Crippen LogP contribution < -0.4 is 20.7 Å². The van der Waals surface area contributed by atoms with E-state index in [9.17, 15) is 19.2 Å². The zero-order valence-electron chi connectivity index (χ0n) is 30.5. The minimum Gasteiger partial charge on any atom is -0.497 e. The Labute approximate surface area is 303 Å². The fraction of sp³-hybridized carbons (Fsp3) is 0.500. The Hall–Kier alpha value is -4.80. The lowest BCUT2D eigenvalue weighted by atomic mass is 9.97. The number of carbonyl (C=O) groups is 4. The van der Waals surface area contributed by atoms with Crippen LogP contribution in [0.5, 0.6) is 5.75 Å². The second-order valence-corrected chi connectivity index (χ2v) is 14.7. The summed E-state index contributed by atoms with van der Waals surface area (Å²) in [7, 11) is 1.60. The summed E-state index contributed by atoms with van der Waals surface area (Å²) in [5, 5.41) is 8.43. The minimum atomic E-state index is -1.36. The van der Waals surface area contributed by atoms with Crippen molar-refractivity contribution in [2.75, 3.05) is 25.5 Å². The van der Waals surface area contributed by atoms with Crippen LogP contribution in [-0.4, -0.2) is 70.7 Å². The third-order valence-corrected chi connectivity index (χ3v) is 8.84. The summed E-state index contributed by atoms with van der Waals surface area (Å²) in [5.41, 5.74) is 0.313. The number of nitrogens with one attached hydrogen (secondary N) is 3. The fourth-order valence-corrected chi connectivity index (χ4v) is 5.89. The van der Waals surface area contributed by atoms with Gasteiger partial charge in [0.1, 0.15) is 29.0 Å². The number of alkyl carbamates (subject to hydrolysis) is 1. The number of hydrogen-bond acceptors (Lipinski definition) is 6. The molecule has 1 aliphatic rings. The molecule has 1 unspecified atom stereocenters. The van der Waals surface area contributed by atoms with Gasteiger partial charge in [-0.3, -0.25) is 14.4 Å². The number of aryl methyl sites for hydroxylation is 1. The molecule has 0 radical (unpaired) electrons. The van der Waals surface area contributed by atoms with E-state index in [0.29, 0.717) is 43.3 Å². The molecular weight excluding hydrogens is 646 g/mol. The highest BCUT2D eigenvalue weighted by atomic mass is 16.6. The minimum absolute atomic E-state index is 0. The van der Waals surface area contributed by atoms with Crippen LogP contribution in [0.15, 0.2) is 73.1 Å². The van der Waals surface area contributed by atoms with Gasteiger partial charge >= 0.3 is 6.09 Å². The Kier molecular flexibility index (Phi) is 14.3. The molecule has 11 nitrogen and oxygen atoms in total. The number of benzene rings is 2. The molecule has 0 bridgehead atoms. The molecule has 0 aliphatic carbocycles. The molecule has 0 saturated carbocycles. The predicted molar refractivity (Wildman–Crippen MR) is 201 cm³/mol. The second-order valence-electron chi connectivity index (χ2n) is 14.7. The van der Waals surface area contributed by atoms with Gasteiger partial charge in [-0.2, -0.15) is 0 Å². The van der Waals surface area contributed by atoms with E-state index in [0.717, 1.165) is 30.4 Å². The smallest absolute Gasteiger partial charge is 0.408 e. The lowest BCUT2D eigenvalue weighted by Gasteiger charge is -2.33. The van der Waals surface area contributed by atoms with Crippen molar-refractivity contribution in [2.24, 2.45) is 5.92 Å². The lowest BCUT2D eigenvalue weighted by Crippen LogP contribution is -2.58. The lowest BCUT2D eigenvalue weighted by molar-refractivity contribution is -0.135.